The second-order valence-electron chi connectivity index (χ2n) is 6.23. The molecule has 1 heterocycles. The number of carboxylic acid groups (broad SMARTS) is 1. The highest BCUT2D eigenvalue weighted by Crippen LogP contribution is 2.31. The minimum absolute atomic E-state index is 0.117. The van der Waals surface area contributed by atoms with E-state index in [9.17, 15) is 19.5 Å². The van der Waals surface area contributed by atoms with Gasteiger partial charge in [0.25, 0.3) is 0 Å². The first-order valence-corrected chi connectivity index (χ1v) is 7.72. The van der Waals surface area contributed by atoms with Crippen LogP contribution in [0.15, 0.2) is 0 Å². The van der Waals surface area contributed by atoms with Gasteiger partial charge in [-0.3, -0.25) is 14.4 Å². The molecule has 118 valence electrons. The molecule has 1 aliphatic heterocycles. The van der Waals surface area contributed by atoms with Crippen molar-refractivity contribution in [1.82, 2.24) is 10.2 Å². The number of aliphatic carboxylic acids is 1. The monoisotopic (exact) mass is 296 g/mol. The van der Waals surface area contributed by atoms with E-state index in [0.29, 0.717) is 13.0 Å². The van der Waals surface area contributed by atoms with Crippen LogP contribution in [0.3, 0.4) is 0 Å². The van der Waals surface area contributed by atoms with Gasteiger partial charge in [-0.1, -0.05) is 12.8 Å². The van der Waals surface area contributed by atoms with E-state index in [1.54, 1.807) is 11.8 Å². The van der Waals surface area contributed by atoms with Crippen molar-refractivity contribution in [2.75, 3.05) is 6.54 Å². The van der Waals surface area contributed by atoms with Gasteiger partial charge in [0.15, 0.2) is 0 Å². The fourth-order valence-corrected chi connectivity index (χ4v) is 3.65. The number of hydrogen-bond donors (Lipinski definition) is 2. The Hall–Kier alpha value is -1.59. The number of likely N-dealkylation sites (tertiary alicyclic amines) is 1. The lowest BCUT2D eigenvalue weighted by molar-refractivity contribution is -0.144. The third kappa shape index (κ3) is 3.36. The van der Waals surface area contributed by atoms with Crippen molar-refractivity contribution in [2.45, 2.75) is 58.0 Å². The largest absolute Gasteiger partial charge is 0.481 e. The third-order valence-corrected chi connectivity index (χ3v) is 4.85. The Morgan fingerprint density at radius 3 is 2.29 bits per heavy atom. The van der Waals surface area contributed by atoms with E-state index in [2.05, 4.69) is 5.32 Å². The van der Waals surface area contributed by atoms with E-state index in [0.717, 1.165) is 25.7 Å². The standard InChI is InChI=1S/C15H24N2O4/c1-9-12(15(20)21)7-8-17(9)14(19)13(16-10(2)18)11-5-3-4-6-11/h9,11-13H,3-8H2,1-2H3,(H,16,18)(H,20,21). The van der Waals surface area contributed by atoms with Gasteiger partial charge in [-0.2, -0.15) is 0 Å². The van der Waals surface area contributed by atoms with E-state index >= 15 is 0 Å². The number of nitrogens with one attached hydrogen (secondary N) is 1. The first-order chi connectivity index (χ1) is 9.91. The van der Waals surface area contributed by atoms with Crippen molar-refractivity contribution in [2.24, 2.45) is 11.8 Å². The number of nitrogens with zero attached hydrogens (tertiary/aromatic N) is 1. The van der Waals surface area contributed by atoms with Crippen LogP contribution in [0.2, 0.25) is 0 Å². The van der Waals surface area contributed by atoms with Crippen LogP contribution in [-0.4, -0.2) is 46.4 Å². The number of hydrogen-bond acceptors (Lipinski definition) is 3. The average Bonchev–Trinajstić information content (AvgIpc) is 3.04. The quantitative estimate of drug-likeness (QED) is 0.810. The molecule has 2 amide bonds. The zero-order valence-corrected chi connectivity index (χ0v) is 12.7. The summed E-state index contributed by atoms with van der Waals surface area (Å²) in [5.74, 6) is -1.50. The summed E-state index contributed by atoms with van der Waals surface area (Å²) in [6.45, 7) is 3.66. The maximum Gasteiger partial charge on any atom is 0.308 e. The van der Waals surface area contributed by atoms with Gasteiger partial charge in [0.2, 0.25) is 11.8 Å². The van der Waals surface area contributed by atoms with E-state index in [1.165, 1.54) is 6.92 Å². The summed E-state index contributed by atoms with van der Waals surface area (Å²) in [6.07, 6.45) is 4.55. The van der Waals surface area contributed by atoms with Crippen molar-refractivity contribution in [3.63, 3.8) is 0 Å². The van der Waals surface area contributed by atoms with Crippen molar-refractivity contribution in [3.05, 3.63) is 0 Å². The van der Waals surface area contributed by atoms with Crippen LogP contribution in [-0.2, 0) is 14.4 Å². The second kappa shape index (κ2) is 6.45. The molecule has 21 heavy (non-hydrogen) atoms. The van der Waals surface area contributed by atoms with Crippen LogP contribution in [0.1, 0.15) is 46.0 Å². The van der Waals surface area contributed by atoms with Crippen LogP contribution in [0.25, 0.3) is 0 Å². The summed E-state index contributed by atoms with van der Waals surface area (Å²) in [7, 11) is 0. The SMILES string of the molecule is CC(=O)NC(C(=O)N1CCC(C(=O)O)C1C)C1CCCC1. The molecular weight excluding hydrogens is 272 g/mol. The molecule has 0 bridgehead atoms. The Morgan fingerprint density at radius 1 is 1.19 bits per heavy atom. The molecule has 3 atom stereocenters. The van der Waals surface area contributed by atoms with Gasteiger partial charge in [-0.15, -0.1) is 0 Å². The van der Waals surface area contributed by atoms with Gasteiger partial charge in [-0.25, -0.2) is 0 Å². The highest BCUT2D eigenvalue weighted by Gasteiger charge is 2.42. The number of carbonyl (C=O) groups excluding carboxylic acids is 2. The van der Waals surface area contributed by atoms with E-state index < -0.39 is 17.9 Å². The molecule has 2 rings (SSSR count). The zero-order valence-electron chi connectivity index (χ0n) is 12.7. The predicted octanol–water partition coefficient (Wildman–Crippen LogP) is 1.00. The van der Waals surface area contributed by atoms with Crippen molar-refractivity contribution < 1.29 is 19.5 Å². The minimum Gasteiger partial charge on any atom is -0.481 e. The zero-order chi connectivity index (χ0) is 15.6. The molecule has 0 aromatic carbocycles. The second-order valence-corrected chi connectivity index (χ2v) is 6.23. The maximum atomic E-state index is 12.8. The Labute approximate surface area is 124 Å². The predicted molar refractivity (Wildman–Crippen MR) is 76.5 cm³/mol. The summed E-state index contributed by atoms with van der Waals surface area (Å²) in [5.41, 5.74) is 0. The summed E-state index contributed by atoms with van der Waals surface area (Å²) in [5, 5.41) is 12.0. The average molecular weight is 296 g/mol. The molecule has 3 unspecified atom stereocenters. The molecule has 6 heteroatoms. The Kier molecular flexibility index (Phi) is 4.85. The van der Waals surface area contributed by atoms with Gasteiger partial charge in [0.1, 0.15) is 6.04 Å². The molecule has 0 aromatic heterocycles. The number of amides is 2. The van der Waals surface area contributed by atoms with Gasteiger partial charge in [0.05, 0.1) is 5.92 Å². The van der Waals surface area contributed by atoms with Gasteiger partial charge < -0.3 is 15.3 Å². The molecular formula is C15H24N2O4. The molecule has 1 saturated carbocycles. The molecule has 1 aliphatic carbocycles. The molecule has 2 fully saturated rings. The molecule has 0 spiro atoms. The smallest absolute Gasteiger partial charge is 0.308 e. The Bertz CT molecular complexity index is 431. The lowest BCUT2D eigenvalue weighted by atomic mass is 9.96. The molecule has 2 aliphatic rings. The number of carboxylic acids is 1. The van der Waals surface area contributed by atoms with Crippen LogP contribution in [0, 0.1) is 11.8 Å². The number of rotatable bonds is 4. The van der Waals surface area contributed by atoms with Gasteiger partial charge >= 0.3 is 5.97 Å². The molecule has 6 nitrogen and oxygen atoms in total. The molecule has 0 aromatic rings. The van der Waals surface area contributed by atoms with Crippen LogP contribution < -0.4 is 5.32 Å². The maximum absolute atomic E-state index is 12.8. The Balaban J connectivity index is 2.10. The fraction of sp³-hybridized carbons (Fsp3) is 0.800. The molecule has 2 N–H and O–H groups in total. The summed E-state index contributed by atoms with van der Waals surface area (Å²) in [4.78, 5) is 37.0. The normalized spacial score (nSPS) is 27.6. The highest BCUT2D eigenvalue weighted by molar-refractivity contribution is 5.88. The first-order valence-electron chi connectivity index (χ1n) is 7.72. The van der Waals surface area contributed by atoms with Gasteiger partial charge in [-0.05, 0) is 32.1 Å². The summed E-state index contributed by atoms with van der Waals surface area (Å²) >= 11 is 0. The molecule has 0 radical (unpaired) electrons. The van der Waals surface area contributed by atoms with Gasteiger partial charge in [0, 0.05) is 19.5 Å². The van der Waals surface area contributed by atoms with E-state index in [-0.39, 0.29) is 23.8 Å². The Morgan fingerprint density at radius 2 is 1.81 bits per heavy atom. The summed E-state index contributed by atoms with van der Waals surface area (Å²) < 4.78 is 0. The third-order valence-electron chi connectivity index (χ3n) is 4.85. The van der Waals surface area contributed by atoms with Crippen LogP contribution >= 0.6 is 0 Å². The van der Waals surface area contributed by atoms with Crippen LogP contribution in [0.4, 0.5) is 0 Å². The topological polar surface area (TPSA) is 86.7 Å². The van der Waals surface area contributed by atoms with Crippen molar-refractivity contribution >= 4 is 17.8 Å². The number of carbonyl (C=O) groups is 3. The first kappa shape index (κ1) is 15.8. The van der Waals surface area contributed by atoms with E-state index in [4.69, 9.17) is 0 Å². The van der Waals surface area contributed by atoms with E-state index in [1.807, 2.05) is 0 Å². The highest BCUT2D eigenvalue weighted by atomic mass is 16.4. The lowest BCUT2D eigenvalue weighted by Crippen LogP contribution is -2.52. The van der Waals surface area contributed by atoms with Crippen LogP contribution in [0.5, 0.6) is 0 Å². The lowest BCUT2D eigenvalue weighted by Gasteiger charge is -2.31. The fourth-order valence-electron chi connectivity index (χ4n) is 3.65. The molecule has 1 saturated heterocycles. The minimum atomic E-state index is -0.852. The van der Waals surface area contributed by atoms with Crippen molar-refractivity contribution in [1.29, 1.82) is 0 Å². The summed E-state index contributed by atoms with van der Waals surface area (Å²) in [6, 6.07) is -0.812. The van der Waals surface area contributed by atoms with Crippen molar-refractivity contribution in [3.8, 4) is 0 Å².